The van der Waals surface area contributed by atoms with Crippen LogP contribution in [0, 0.1) is 24.6 Å². The summed E-state index contributed by atoms with van der Waals surface area (Å²) in [4.78, 5) is 40.2. The first-order valence-corrected chi connectivity index (χ1v) is 17.3. The zero-order valence-electron chi connectivity index (χ0n) is 28.6. The van der Waals surface area contributed by atoms with Crippen LogP contribution in [-0.4, -0.2) is 70.1 Å². The molecule has 2 fully saturated rings. The highest BCUT2D eigenvalue weighted by Gasteiger charge is 2.29. The summed E-state index contributed by atoms with van der Waals surface area (Å²) in [5.74, 6) is -0.556. The van der Waals surface area contributed by atoms with E-state index in [1.54, 1.807) is 37.3 Å². The first kappa shape index (κ1) is 37.5. The number of tetrazole rings is 1. The van der Waals surface area contributed by atoms with Gasteiger partial charge in [-0.1, -0.05) is 24.3 Å². The molecule has 1 atom stereocenters. The lowest BCUT2D eigenvalue weighted by atomic mass is 9.81. The topological polar surface area (TPSA) is 180 Å². The number of H-pyrrole nitrogens is 1. The van der Waals surface area contributed by atoms with E-state index in [1.165, 1.54) is 6.07 Å². The Labute approximate surface area is 302 Å². The quantitative estimate of drug-likeness (QED) is 0.133. The Balaban J connectivity index is 0.00000504. The van der Waals surface area contributed by atoms with Crippen molar-refractivity contribution >= 4 is 35.8 Å². The zero-order chi connectivity index (χ0) is 35.0. The molecule has 3 aromatic carbocycles. The summed E-state index contributed by atoms with van der Waals surface area (Å²) in [5.41, 5.74) is 10.0. The molecule has 0 radical (unpaired) electrons. The lowest BCUT2D eigenvalue weighted by molar-refractivity contribution is -0.130. The van der Waals surface area contributed by atoms with Gasteiger partial charge in [0.15, 0.2) is 0 Å². The summed E-state index contributed by atoms with van der Waals surface area (Å²) in [5, 5.41) is 26.2. The number of aromatic amines is 1. The van der Waals surface area contributed by atoms with E-state index in [2.05, 4.69) is 41.9 Å². The molecule has 270 valence electrons. The molecular weight excluding hydrogens is 673 g/mol. The van der Waals surface area contributed by atoms with E-state index in [9.17, 15) is 14.4 Å². The van der Waals surface area contributed by atoms with Crippen LogP contribution in [0.5, 0.6) is 0 Å². The van der Waals surface area contributed by atoms with Crippen molar-refractivity contribution in [2.45, 2.75) is 64.0 Å². The lowest BCUT2D eigenvalue weighted by Gasteiger charge is -2.28. The highest BCUT2D eigenvalue weighted by molar-refractivity contribution is 5.98. The first-order valence-electron chi connectivity index (χ1n) is 17.3. The number of carbonyl (C=O) groups is 3. The molecule has 0 spiro atoms. The monoisotopic (exact) mass is 717 g/mol. The molecular formula is C37H45ClFN9O3. The Kier molecular flexibility index (Phi) is 12.9. The molecule has 6 rings (SSSR count). The molecule has 0 bridgehead atoms. The van der Waals surface area contributed by atoms with Gasteiger partial charge in [0.05, 0.1) is 0 Å². The van der Waals surface area contributed by atoms with Crippen LogP contribution in [0.4, 0.5) is 10.1 Å². The van der Waals surface area contributed by atoms with Crippen LogP contribution in [0.3, 0.4) is 0 Å². The van der Waals surface area contributed by atoms with Crippen molar-refractivity contribution < 1.29 is 18.8 Å². The SMILES string of the molecule is Cc1c(F)cc(C(=O)NC2CCNCC2)cc1-c1ccc(C[C@H](NC(=O)C2CCC(CN)CC2)C(=O)Nc2ccc(-c3nn[nH]n3)cc2)cc1.Cl. The van der Waals surface area contributed by atoms with Crippen molar-refractivity contribution in [3.63, 3.8) is 0 Å². The van der Waals surface area contributed by atoms with E-state index in [1.807, 2.05) is 24.3 Å². The highest BCUT2D eigenvalue weighted by Crippen LogP contribution is 2.30. The predicted molar refractivity (Wildman–Crippen MR) is 196 cm³/mol. The average molecular weight is 718 g/mol. The smallest absolute Gasteiger partial charge is 0.251 e. The van der Waals surface area contributed by atoms with E-state index in [-0.39, 0.29) is 54.1 Å². The molecule has 1 aliphatic heterocycles. The number of aromatic nitrogens is 4. The van der Waals surface area contributed by atoms with Gasteiger partial charge in [0.2, 0.25) is 17.6 Å². The van der Waals surface area contributed by atoms with Crippen molar-refractivity contribution in [1.82, 2.24) is 36.6 Å². The molecule has 1 saturated carbocycles. The number of benzene rings is 3. The van der Waals surface area contributed by atoms with E-state index in [0.717, 1.165) is 68.3 Å². The molecule has 1 aromatic heterocycles. The maximum absolute atomic E-state index is 15.1. The van der Waals surface area contributed by atoms with E-state index < -0.39 is 11.9 Å². The maximum Gasteiger partial charge on any atom is 0.251 e. The Bertz CT molecular complexity index is 1770. The molecule has 3 amide bonds. The van der Waals surface area contributed by atoms with Crippen LogP contribution in [0.1, 0.15) is 60.0 Å². The van der Waals surface area contributed by atoms with E-state index in [4.69, 9.17) is 5.73 Å². The van der Waals surface area contributed by atoms with Gasteiger partial charge >= 0.3 is 0 Å². The summed E-state index contributed by atoms with van der Waals surface area (Å²) in [7, 11) is 0. The normalized spacial score (nSPS) is 18.3. The van der Waals surface area contributed by atoms with Crippen LogP contribution in [0.2, 0.25) is 0 Å². The Hall–Kier alpha value is -4.72. The second-order valence-electron chi connectivity index (χ2n) is 13.3. The molecule has 14 heteroatoms. The van der Waals surface area contributed by atoms with Crippen LogP contribution in [0.15, 0.2) is 60.7 Å². The van der Waals surface area contributed by atoms with Gasteiger partial charge in [-0.05, 0) is 135 Å². The third-order valence-electron chi connectivity index (χ3n) is 9.93. The van der Waals surface area contributed by atoms with Crippen molar-refractivity contribution in [3.05, 3.63) is 83.2 Å². The average Bonchev–Trinajstić information content (AvgIpc) is 3.69. The van der Waals surface area contributed by atoms with Gasteiger partial charge in [-0.2, -0.15) is 5.21 Å². The van der Waals surface area contributed by atoms with E-state index in [0.29, 0.717) is 35.1 Å². The highest BCUT2D eigenvalue weighted by atomic mass is 35.5. The number of piperidine rings is 1. The fraction of sp³-hybridized carbons (Fsp3) is 0.405. The second kappa shape index (κ2) is 17.5. The number of amides is 3. The summed E-state index contributed by atoms with van der Waals surface area (Å²) in [6.45, 7) is 3.98. The summed E-state index contributed by atoms with van der Waals surface area (Å²) < 4.78 is 15.1. The molecule has 51 heavy (non-hydrogen) atoms. The van der Waals surface area contributed by atoms with Crippen molar-refractivity contribution in [2.75, 3.05) is 25.0 Å². The molecule has 7 N–H and O–H groups in total. The molecule has 2 heterocycles. The molecule has 12 nitrogen and oxygen atoms in total. The molecule has 2 aliphatic rings. The molecule has 4 aromatic rings. The third kappa shape index (κ3) is 9.54. The number of carbonyl (C=O) groups excluding carboxylic acids is 3. The number of nitrogens with two attached hydrogens (primary N) is 1. The third-order valence-corrected chi connectivity index (χ3v) is 9.93. The largest absolute Gasteiger partial charge is 0.349 e. The minimum atomic E-state index is -0.848. The summed E-state index contributed by atoms with van der Waals surface area (Å²) in [6, 6.07) is 16.7. The zero-order valence-corrected chi connectivity index (χ0v) is 29.4. The number of hydrogen-bond acceptors (Lipinski definition) is 8. The van der Waals surface area contributed by atoms with E-state index >= 15 is 4.39 Å². The van der Waals surface area contributed by atoms with Gasteiger partial charge in [-0.25, -0.2) is 4.39 Å². The Morgan fingerprint density at radius 2 is 1.63 bits per heavy atom. The minimum absolute atomic E-state index is 0. The van der Waals surface area contributed by atoms with Gasteiger partial charge < -0.3 is 27.0 Å². The van der Waals surface area contributed by atoms with Crippen LogP contribution in [-0.2, 0) is 16.0 Å². The molecule has 1 saturated heterocycles. The van der Waals surface area contributed by atoms with Crippen molar-refractivity contribution in [2.24, 2.45) is 17.6 Å². The van der Waals surface area contributed by atoms with Gasteiger partial charge in [0.25, 0.3) is 5.91 Å². The van der Waals surface area contributed by atoms with Gasteiger partial charge in [0.1, 0.15) is 11.9 Å². The summed E-state index contributed by atoms with van der Waals surface area (Å²) in [6.07, 6.45) is 5.15. The lowest BCUT2D eigenvalue weighted by Crippen LogP contribution is -2.48. The van der Waals surface area contributed by atoms with Gasteiger partial charge in [-0.15, -0.1) is 22.6 Å². The minimum Gasteiger partial charge on any atom is -0.349 e. The van der Waals surface area contributed by atoms with Gasteiger partial charge in [0, 0.05) is 35.2 Å². The Morgan fingerprint density at radius 1 is 0.941 bits per heavy atom. The number of nitrogens with one attached hydrogen (secondary N) is 5. The standard InChI is InChI=1S/C37H44FN9O3.ClH/c1-22-31(19-28(20-32(22)38)36(49)41-30-14-16-40-17-15-30)25-6-2-23(3-7-25)18-33(43-35(48)27-8-4-24(21-39)5-9-27)37(50)42-29-12-10-26(11-13-29)34-44-46-47-45-34;/h2-3,6-7,10-13,19-20,24,27,30,33,40H,4-5,8-9,14-18,21,39H2,1H3,(H,41,49)(H,42,50)(H,43,48)(H,44,45,46,47);1H/t24?,27?,33-;/m0./s1. The summed E-state index contributed by atoms with van der Waals surface area (Å²) >= 11 is 0. The fourth-order valence-electron chi connectivity index (χ4n) is 6.78. The molecule has 1 aliphatic carbocycles. The fourth-order valence-corrected chi connectivity index (χ4v) is 6.78. The maximum atomic E-state index is 15.1. The number of halogens is 2. The van der Waals surface area contributed by atoms with Crippen molar-refractivity contribution in [1.29, 1.82) is 0 Å². The first-order chi connectivity index (χ1) is 24.3. The number of hydrogen-bond donors (Lipinski definition) is 6. The number of rotatable bonds is 11. The molecule has 0 unspecified atom stereocenters. The van der Waals surface area contributed by atoms with Crippen molar-refractivity contribution in [3.8, 4) is 22.5 Å². The van der Waals surface area contributed by atoms with Crippen LogP contribution >= 0.6 is 12.4 Å². The van der Waals surface area contributed by atoms with Gasteiger partial charge in [-0.3, -0.25) is 14.4 Å². The Morgan fingerprint density at radius 3 is 2.27 bits per heavy atom. The van der Waals surface area contributed by atoms with Crippen LogP contribution < -0.4 is 27.0 Å². The number of nitrogens with zero attached hydrogens (tertiary/aromatic N) is 3. The second-order valence-corrected chi connectivity index (χ2v) is 13.3. The van der Waals surface area contributed by atoms with Crippen LogP contribution in [0.25, 0.3) is 22.5 Å². The predicted octanol–water partition coefficient (Wildman–Crippen LogP) is 4.32. The number of anilines is 1.